The van der Waals surface area contributed by atoms with Crippen molar-refractivity contribution < 1.29 is 4.42 Å². The molecule has 1 heterocycles. The van der Waals surface area contributed by atoms with Crippen LogP contribution in [0.3, 0.4) is 0 Å². The molecule has 0 spiro atoms. The molecule has 0 fully saturated rings. The number of nitrogens with zero attached hydrogens (tertiary/aromatic N) is 3. The molecule has 0 saturated heterocycles. The number of hydrogen-bond acceptors (Lipinski definition) is 6. The first-order valence-electron chi connectivity index (χ1n) is 5.95. The van der Waals surface area contributed by atoms with Crippen molar-refractivity contribution >= 4 is 17.8 Å². The summed E-state index contributed by atoms with van der Waals surface area (Å²) >= 11 is 1.85. The van der Waals surface area contributed by atoms with E-state index in [2.05, 4.69) is 28.7 Å². The van der Waals surface area contributed by atoms with Crippen molar-refractivity contribution in [2.75, 3.05) is 37.0 Å². The van der Waals surface area contributed by atoms with E-state index in [-0.39, 0.29) is 6.04 Å². The van der Waals surface area contributed by atoms with E-state index in [9.17, 15) is 0 Å². The van der Waals surface area contributed by atoms with Gasteiger partial charge in [0.2, 0.25) is 5.89 Å². The summed E-state index contributed by atoms with van der Waals surface area (Å²) in [6.07, 6.45) is 3.24. The normalized spacial score (nSPS) is 12.7. The van der Waals surface area contributed by atoms with Gasteiger partial charge in [-0.2, -0.15) is 11.8 Å². The minimum Gasteiger partial charge on any atom is -0.406 e. The van der Waals surface area contributed by atoms with Gasteiger partial charge in [-0.05, 0) is 31.9 Å². The Kier molecular flexibility index (Phi) is 6.36. The fourth-order valence-corrected chi connectivity index (χ4v) is 1.91. The third-order valence-electron chi connectivity index (χ3n) is 2.48. The molecule has 1 rings (SSSR count). The van der Waals surface area contributed by atoms with Crippen molar-refractivity contribution in [3.8, 4) is 0 Å². The van der Waals surface area contributed by atoms with E-state index in [1.54, 1.807) is 0 Å². The van der Waals surface area contributed by atoms with Crippen molar-refractivity contribution in [1.82, 2.24) is 15.5 Å². The Balaban J connectivity index is 2.48. The molecule has 98 valence electrons. The number of nitrogens with one attached hydrogen (secondary N) is 1. The highest BCUT2D eigenvalue weighted by atomic mass is 32.2. The Bertz CT molecular complexity index is 318. The van der Waals surface area contributed by atoms with Crippen molar-refractivity contribution in [3.05, 3.63) is 5.89 Å². The number of hydrogen-bond donors (Lipinski definition) is 1. The maximum Gasteiger partial charge on any atom is 0.317 e. The predicted molar refractivity (Wildman–Crippen MR) is 72.7 cm³/mol. The summed E-state index contributed by atoms with van der Waals surface area (Å²) in [5.41, 5.74) is 0. The highest BCUT2D eigenvalue weighted by molar-refractivity contribution is 7.98. The average molecular weight is 258 g/mol. The van der Waals surface area contributed by atoms with Crippen LogP contribution in [0.2, 0.25) is 0 Å². The van der Waals surface area contributed by atoms with E-state index in [0.29, 0.717) is 11.9 Å². The molecule has 0 radical (unpaired) electrons. The standard InChI is InChI=1S/C11H22N4OS/c1-5-12-9(2)10-13-14-11(16-10)15(3)7-6-8-17-4/h9,12H,5-8H2,1-4H3. The van der Waals surface area contributed by atoms with Gasteiger partial charge in [0, 0.05) is 13.6 Å². The highest BCUT2D eigenvalue weighted by Gasteiger charge is 2.14. The molecule has 0 aromatic carbocycles. The average Bonchev–Trinajstić information content (AvgIpc) is 2.79. The molecule has 0 saturated carbocycles. The third-order valence-corrected chi connectivity index (χ3v) is 3.18. The number of thioether (sulfide) groups is 1. The van der Waals surface area contributed by atoms with Crippen LogP contribution in [0, 0.1) is 0 Å². The van der Waals surface area contributed by atoms with Crippen LogP contribution in [0.25, 0.3) is 0 Å². The Morgan fingerprint density at radius 3 is 2.88 bits per heavy atom. The largest absolute Gasteiger partial charge is 0.406 e. The summed E-state index contributed by atoms with van der Waals surface area (Å²) < 4.78 is 5.62. The number of rotatable bonds is 8. The summed E-state index contributed by atoms with van der Waals surface area (Å²) in [6.45, 7) is 5.91. The fraction of sp³-hybridized carbons (Fsp3) is 0.818. The summed E-state index contributed by atoms with van der Waals surface area (Å²) in [7, 11) is 1.98. The van der Waals surface area contributed by atoms with E-state index in [4.69, 9.17) is 4.42 Å². The fourth-order valence-electron chi connectivity index (χ4n) is 1.49. The minimum absolute atomic E-state index is 0.112. The van der Waals surface area contributed by atoms with Gasteiger partial charge in [-0.1, -0.05) is 12.0 Å². The van der Waals surface area contributed by atoms with Crippen LogP contribution in [0.4, 0.5) is 6.01 Å². The van der Waals surface area contributed by atoms with Gasteiger partial charge in [0.1, 0.15) is 0 Å². The number of aromatic nitrogens is 2. The van der Waals surface area contributed by atoms with Crippen LogP contribution in [-0.4, -0.2) is 42.3 Å². The van der Waals surface area contributed by atoms with Crippen molar-refractivity contribution in [1.29, 1.82) is 0 Å². The van der Waals surface area contributed by atoms with E-state index in [0.717, 1.165) is 25.3 Å². The third kappa shape index (κ3) is 4.55. The second-order valence-corrected chi connectivity index (χ2v) is 4.96. The molecular weight excluding hydrogens is 236 g/mol. The summed E-state index contributed by atoms with van der Waals surface area (Å²) in [4.78, 5) is 2.01. The molecule has 1 atom stereocenters. The molecule has 5 nitrogen and oxygen atoms in total. The minimum atomic E-state index is 0.112. The predicted octanol–water partition coefficient (Wildman–Crippen LogP) is 1.93. The zero-order chi connectivity index (χ0) is 12.7. The monoisotopic (exact) mass is 258 g/mol. The molecule has 0 aliphatic rings. The second-order valence-electron chi connectivity index (χ2n) is 3.97. The van der Waals surface area contributed by atoms with Crippen LogP contribution in [0.15, 0.2) is 4.42 Å². The summed E-state index contributed by atoms with van der Waals surface area (Å²) in [5, 5.41) is 11.4. The molecule has 1 aromatic rings. The smallest absolute Gasteiger partial charge is 0.317 e. The van der Waals surface area contributed by atoms with E-state index in [1.807, 2.05) is 30.6 Å². The van der Waals surface area contributed by atoms with Crippen molar-refractivity contribution in [2.45, 2.75) is 26.3 Å². The van der Waals surface area contributed by atoms with E-state index < -0.39 is 0 Å². The highest BCUT2D eigenvalue weighted by Crippen LogP contribution is 2.16. The van der Waals surface area contributed by atoms with Gasteiger partial charge in [-0.3, -0.25) is 0 Å². The maximum absolute atomic E-state index is 5.62. The topological polar surface area (TPSA) is 54.2 Å². The van der Waals surface area contributed by atoms with Crippen LogP contribution in [0.1, 0.15) is 32.2 Å². The van der Waals surface area contributed by atoms with Gasteiger partial charge in [0.05, 0.1) is 6.04 Å². The molecule has 1 unspecified atom stereocenters. The van der Waals surface area contributed by atoms with Crippen LogP contribution >= 0.6 is 11.8 Å². The zero-order valence-corrected chi connectivity index (χ0v) is 11.9. The van der Waals surface area contributed by atoms with Crippen LogP contribution in [-0.2, 0) is 0 Å². The molecule has 0 amide bonds. The summed E-state index contributed by atoms with van der Waals surface area (Å²) in [5.74, 6) is 1.80. The van der Waals surface area contributed by atoms with E-state index >= 15 is 0 Å². The van der Waals surface area contributed by atoms with Gasteiger partial charge in [-0.15, -0.1) is 5.10 Å². The summed E-state index contributed by atoms with van der Waals surface area (Å²) in [6, 6.07) is 0.715. The van der Waals surface area contributed by atoms with E-state index in [1.165, 1.54) is 0 Å². The van der Waals surface area contributed by atoms with Gasteiger partial charge >= 0.3 is 6.01 Å². The van der Waals surface area contributed by atoms with Crippen molar-refractivity contribution in [3.63, 3.8) is 0 Å². The SMILES string of the molecule is CCNC(C)c1nnc(N(C)CCCSC)o1. The Hall–Kier alpha value is -0.750. The second kappa shape index (κ2) is 7.55. The first-order valence-corrected chi connectivity index (χ1v) is 7.35. The van der Waals surface area contributed by atoms with Crippen LogP contribution < -0.4 is 10.2 Å². The lowest BCUT2D eigenvalue weighted by Crippen LogP contribution is -2.19. The van der Waals surface area contributed by atoms with Crippen LogP contribution in [0.5, 0.6) is 0 Å². The maximum atomic E-state index is 5.62. The lowest BCUT2D eigenvalue weighted by atomic mass is 10.3. The Morgan fingerprint density at radius 1 is 1.47 bits per heavy atom. The molecule has 0 bridgehead atoms. The Labute approximate surface area is 107 Å². The number of anilines is 1. The molecular formula is C11H22N4OS. The lowest BCUT2D eigenvalue weighted by molar-refractivity contribution is 0.421. The molecule has 1 aromatic heterocycles. The van der Waals surface area contributed by atoms with Gasteiger partial charge in [0.15, 0.2) is 0 Å². The molecule has 0 aliphatic carbocycles. The molecule has 17 heavy (non-hydrogen) atoms. The molecule has 6 heteroatoms. The van der Waals surface area contributed by atoms with Gasteiger partial charge < -0.3 is 14.6 Å². The zero-order valence-electron chi connectivity index (χ0n) is 11.1. The lowest BCUT2D eigenvalue weighted by Gasteiger charge is -2.13. The quantitative estimate of drug-likeness (QED) is 0.719. The van der Waals surface area contributed by atoms with Gasteiger partial charge in [0.25, 0.3) is 0 Å². The molecule has 0 aliphatic heterocycles. The molecule has 1 N–H and O–H groups in total. The Morgan fingerprint density at radius 2 is 2.24 bits per heavy atom. The van der Waals surface area contributed by atoms with Crippen molar-refractivity contribution in [2.24, 2.45) is 0 Å². The first kappa shape index (κ1) is 14.3. The first-order chi connectivity index (χ1) is 8.19. The van der Waals surface area contributed by atoms with Gasteiger partial charge in [-0.25, -0.2) is 0 Å².